The number of halogens is 1. The average molecular weight is 339 g/mol. The van der Waals surface area contributed by atoms with Gasteiger partial charge in [-0.1, -0.05) is 0 Å². The summed E-state index contributed by atoms with van der Waals surface area (Å²) in [4.78, 5) is 20.8. The number of hydrogen-bond donors (Lipinski definition) is 1. The van der Waals surface area contributed by atoms with Gasteiger partial charge in [0.25, 0.3) is 5.91 Å². The van der Waals surface area contributed by atoms with Crippen molar-refractivity contribution in [2.75, 3.05) is 6.54 Å². The van der Waals surface area contributed by atoms with Crippen LogP contribution in [0, 0.1) is 12.7 Å². The van der Waals surface area contributed by atoms with E-state index in [0.29, 0.717) is 34.5 Å². The van der Waals surface area contributed by atoms with Gasteiger partial charge in [0.15, 0.2) is 0 Å². The van der Waals surface area contributed by atoms with Gasteiger partial charge in [0.1, 0.15) is 17.7 Å². The largest absolute Gasteiger partial charge is 0.487 e. The van der Waals surface area contributed by atoms with Crippen LogP contribution in [0.5, 0.6) is 5.75 Å². The van der Waals surface area contributed by atoms with Gasteiger partial charge < -0.3 is 10.1 Å². The first kappa shape index (κ1) is 16.8. The first-order chi connectivity index (χ1) is 12.0. The van der Waals surface area contributed by atoms with Crippen LogP contribution in [0.3, 0.4) is 0 Å². The zero-order valence-electron chi connectivity index (χ0n) is 14.0. The lowest BCUT2D eigenvalue weighted by Gasteiger charge is -2.15. The van der Waals surface area contributed by atoms with Gasteiger partial charge in [-0.05, 0) is 44.2 Å². The number of amides is 1. The van der Waals surface area contributed by atoms with E-state index in [4.69, 9.17) is 4.74 Å². The number of carbonyl (C=O) groups excluding carboxylic acids is 1. The number of aryl methyl sites for hydroxylation is 1. The summed E-state index contributed by atoms with van der Waals surface area (Å²) >= 11 is 0. The van der Waals surface area contributed by atoms with Crippen molar-refractivity contribution in [2.45, 2.75) is 20.0 Å². The molecule has 0 fully saturated rings. The highest BCUT2D eigenvalue weighted by atomic mass is 19.1. The van der Waals surface area contributed by atoms with Gasteiger partial charge in [0.2, 0.25) is 0 Å². The van der Waals surface area contributed by atoms with Gasteiger partial charge >= 0.3 is 0 Å². The predicted molar refractivity (Wildman–Crippen MR) is 93.1 cm³/mol. The molecule has 1 aromatic carbocycles. The molecular formula is C19H18FN3O2. The molecule has 3 aromatic rings. The van der Waals surface area contributed by atoms with E-state index in [1.54, 1.807) is 43.6 Å². The maximum absolute atomic E-state index is 13.4. The fraction of sp³-hybridized carbons (Fsp3) is 0.211. The van der Waals surface area contributed by atoms with E-state index in [2.05, 4.69) is 15.3 Å². The monoisotopic (exact) mass is 339 g/mol. The number of nitrogens with one attached hydrogen (secondary N) is 1. The van der Waals surface area contributed by atoms with Gasteiger partial charge in [-0.3, -0.25) is 14.8 Å². The number of benzene rings is 1. The Balaban J connectivity index is 1.72. The number of ether oxygens (including phenoxy) is 1. The lowest BCUT2D eigenvalue weighted by molar-refractivity contribution is 0.0933. The number of rotatable bonds is 5. The third kappa shape index (κ3) is 4.09. The summed E-state index contributed by atoms with van der Waals surface area (Å²) in [6, 6.07) is 9.51. The maximum Gasteiger partial charge on any atom is 0.252 e. The molecule has 0 spiro atoms. The van der Waals surface area contributed by atoms with Crippen LogP contribution in [0.2, 0.25) is 0 Å². The van der Waals surface area contributed by atoms with E-state index in [1.165, 1.54) is 12.1 Å². The van der Waals surface area contributed by atoms with Crippen LogP contribution in [0.25, 0.3) is 10.9 Å². The van der Waals surface area contributed by atoms with E-state index in [0.717, 1.165) is 0 Å². The molecule has 0 aliphatic carbocycles. The number of fused-ring (bicyclic) bond motifs is 1. The van der Waals surface area contributed by atoms with E-state index >= 15 is 0 Å². The summed E-state index contributed by atoms with van der Waals surface area (Å²) < 4.78 is 19.1. The van der Waals surface area contributed by atoms with Crippen LogP contribution in [0.1, 0.15) is 23.0 Å². The number of carbonyl (C=O) groups is 1. The first-order valence-corrected chi connectivity index (χ1v) is 7.95. The van der Waals surface area contributed by atoms with Crippen LogP contribution in [-0.2, 0) is 0 Å². The molecule has 0 saturated carbocycles. The summed E-state index contributed by atoms with van der Waals surface area (Å²) in [5, 5.41) is 3.46. The molecular weight excluding hydrogens is 321 g/mol. The average Bonchev–Trinajstić information content (AvgIpc) is 2.59. The number of hydrogen-bond acceptors (Lipinski definition) is 4. The molecule has 2 heterocycles. The minimum atomic E-state index is -0.379. The van der Waals surface area contributed by atoms with Crippen LogP contribution >= 0.6 is 0 Å². The third-order valence-corrected chi connectivity index (χ3v) is 3.67. The van der Waals surface area contributed by atoms with E-state index in [1.807, 2.05) is 6.92 Å². The highest BCUT2D eigenvalue weighted by molar-refractivity contribution is 6.06. The Bertz CT molecular complexity index is 895. The molecule has 128 valence electrons. The lowest BCUT2D eigenvalue weighted by atomic mass is 10.1. The zero-order valence-corrected chi connectivity index (χ0v) is 14.0. The Morgan fingerprint density at radius 1 is 1.32 bits per heavy atom. The Morgan fingerprint density at radius 2 is 2.16 bits per heavy atom. The molecule has 1 unspecified atom stereocenters. The lowest BCUT2D eigenvalue weighted by Crippen LogP contribution is -2.33. The molecule has 0 bridgehead atoms. The van der Waals surface area contributed by atoms with E-state index < -0.39 is 0 Å². The molecule has 25 heavy (non-hydrogen) atoms. The molecule has 0 aliphatic rings. The van der Waals surface area contributed by atoms with Crippen molar-refractivity contribution in [3.8, 4) is 5.75 Å². The summed E-state index contributed by atoms with van der Waals surface area (Å²) in [6.45, 7) is 3.96. The SMILES string of the molecule is Cc1cc(C(=O)NCC(C)Oc2cccnc2)c2ccc(F)cc2n1. The summed E-state index contributed by atoms with van der Waals surface area (Å²) in [5.41, 5.74) is 1.59. The van der Waals surface area contributed by atoms with E-state index in [9.17, 15) is 9.18 Å². The predicted octanol–water partition coefficient (Wildman–Crippen LogP) is 3.27. The minimum Gasteiger partial charge on any atom is -0.487 e. The maximum atomic E-state index is 13.4. The van der Waals surface area contributed by atoms with Crippen LogP contribution in [0.15, 0.2) is 48.8 Å². The number of aromatic nitrogens is 2. The Hall–Kier alpha value is -3.02. The second kappa shape index (κ2) is 7.25. The van der Waals surface area contributed by atoms with Gasteiger partial charge in [0.05, 0.1) is 23.8 Å². The quantitative estimate of drug-likeness (QED) is 0.775. The highest BCUT2D eigenvalue weighted by Gasteiger charge is 2.14. The molecule has 1 amide bonds. The molecule has 3 rings (SSSR count). The molecule has 0 radical (unpaired) electrons. The van der Waals surface area contributed by atoms with Gasteiger partial charge in [0, 0.05) is 23.3 Å². The molecule has 0 aliphatic heterocycles. The smallest absolute Gasteiger partial charge is 0.252 e. The van der Waals surface area contributed by atoms with Crippen molar-refractivity contribution < 1.29 is 13.9 Å². The second-order valence-electron chi connectivity index (χ2n) is 5.80. The van der Waals surface area contributed by atoms with Gasteiger partial charge in [-0.25, -0.2) is 4.39 Å². The van der Waals surface area contributed by atoms with Crippen molar-refractivity contribution in [3.63, 3.8) is 0 Å². The summed E-state index contributed by atoms with van der Waals surface area (Å²) in [6.07, 6.45) is 3.06. The molecule has 6 heteroatoms. The number of pyridine rings is 2. The normalized spacial score (nSPS) is 12.0. The van der Waals surface area contributed by atoms with Gasteiger partial charge in [-0.15, -0.1) is 0 Å². The molecule has 5 nitrogen and oxygen atoms in total. The molecule has 1 atom stereocenters. The molecule has 0 saturated heterocycles. The molecule has 2 aromatic heterocycles. The second-order valence-corrected chi connectivity index (χ2v) is 5.80. The van der Waals surface area contributed by atoms with Crippen molar-refractivity contribution in [3.05, 3.63) is 65.9 Å². The minimum absolute atomic E-state index is 0.222. The van der Waals surface area contributed by atoms with Crippen LogP contribution in [0.4, 0.5) is 4.39 Å². The van der Waals surface area contributed by atoms with Crippen LogP contribution < -0.4 is 10.1 Å². The fourth-order valence-electron chi connectivity index (χ4n) is 2.54. The van der Waals surface area contributed by atoms with Crippen molar-refractivity contribution in [2.24, 2.45) is 0 Å². The first-order valence-electron chi connectivity index (χ1n) is 7.95. The summed E-state index contributed by atoms with van der Waals surface area (Å²) in [7, 11) is 0. The van der Waals surface area contributed by atoms with Gasteiger partial charge in [-0.2, -0.15) is 0 Å². The Morgan fingerprint density at radius 3 is 2.92 bits per heavy atom. The number of nitrogens with zero attached hydrogens (tertiary/aromatic N) is 2. The van der Waals surface area contributed by atoms with Crippen molar-refractivity contribution in [1.29, 1.82) is 0 Å². The van der Waals surface area contributed by atoms with Crippen molar-refractivity contribution in [1.82, 2.24) is 15.3 Å². The van der Waals surface area contributed by atoms with Crippen LogP contribution in [-0.4, -0.2) is 28.5 Å². The summed E-state index contributed by atoms with van der Waals surface area (Å²) in [5.74, 6) is 0.0177. The third-order valence-electron chi connectivity index (χ3n) is 3.67. The zero-order chi connectivity index (χ0) is 17.8. The standard InChI is InChI=1S/C19H18FN3O2/c1-12-8-17(16-6-5-14(20)9-18(16)23-12)19(24)22-10-13(2)25-15-4-3-7-21-11-15/h3-9,11,13H,10H2,1-2H3,(H,22,24). The Labute approximate surface area is 144 Å². The van der Waals surface area contributed by atoms with E-state index in [-0.39, 0.29) is 17.8 Å². The van der Waals surface area contributed by atoms with Crippen molar-refractivity contribution >= 4 is 16.8 Å². The fourth-order valence-corrected chi connectivity index (χ4v) is 2.54. The highest BCUT2D eigenvalue weighted by Crippen LogP contribution is 2.19. The Kier molecular flexibility index (Phi) is 4.88. The molecule has 1 N–H and O–H groups in total. The topological polar surface area (TPSA) is 64.1 Å².